The molecule has 0 spiro atoms. The van der Waals surface area contributed by atoms with E-state index in [-0.39, 0.29) is 17.5 Å². The molecule has 0 aromatic carbocycles. The molecular formula is C15H24N4O2. The first-order valence-electron chi connectivity index (χ1n) is 7.53. The van der Waals surface area contributed by atoms with Crippen LogP contribution in [0, 0.1) is 5.92 Å². The molecule has 6 nitrogen and oxygen atoms in total. The van der Waals surface area contributed by atoms with Crippen molar-refractivity contribution >= 4 is 11.7 Å². The van der Waals surface area contributed by atoms with E-state index in [0.717, 1.165) is 25.9 Å². The molecule has 0 atom stereocenters. The van der Waals surface area contributed by atoms with Crippen molar-refractivity contribution in [2.45, 2.75) is 39.2 Å². The smallest absolute Gasteiger partial charge is 0.293 e. The molecule has 116 valence electrons. The van der Waals surface area contributed by atoms with E-state index in [1.165, 1.54) is 4.57 Å². The minimum atomic E-state index is -0.115. The third kappa shape index (κ3) is 4.06. The third-order valence-electron chi connectivity index (χ3n) is 3.79. The second-order valence-electron chi connectivity index (χ2n) is 6.09. The van der Waals surface area contributed by atoms with Crippen LogP contribution in [0.25, 0.3) is 0 Å². The van der Waals surface area contributed by atoms with Gasteiger partial charge in [-0.3, -0.25) is 9.59 Å². The summed E-state index contributed by atoms with van der Waals surface area (Å²) in [5, 5.41) is 3.21. The van der Waals surface area contributed by atoms with Crippen LogP contribution in [0.15, 0.2) is 17.2 Å². The van der Waals surface area contributed by atoms with Crippen LogP contribution in [-0.4, -0.2) is 39.5 Å². The molecule has 1 fully saturated rings. The van der Waals surface area contributed by atoms with Crippen LogP contribution in [0.4, 0.5) is 5.82 Å². The number of piperidine rings is 1. The van der Waals surface area contributed by atoms with Gasteiger partial charge >= 0.3 is 0 Å². The Morgan fingerprint density at radius 1 is 1.43 bits per heavy atom. The first-order valence-corrected chi connectivity index (χ1v) is 7.53. The van der Waals surface area contributed by atoms with Crippen LogP contribution in [-0.2, 0) is 11.8 Å². The van der Waals surface area contributed by atoms with E-state index in [0.29, 0.717) is 18.2 Å². The van der Waals surface area contributed by atoms with Crippen LogP contribution in [0.1, 0.15) is 33.1 Å². The maximum atomic E-state index is 12.0. The molecule has 2 heterocycles. The van der Waals surface area contributed by atoms with Gasteiger partial charge in [-0.2, -0.15) is 0 Å². The van der Waals surface area contributed by atoms with E-state index in [2.05, 4.69) is 24.1 Å². The number of amides is 1. The van der Waals surface area contributed by atoms with Gasteiger partial charge < -0.3 is 14.8 Å². The summed E-state index contributed by atoms with van der Waals surface area (Å²) >= 11 is 0. The summed E-state index contributed by atoms with van der Waals surface area (Å²) in [4.78, 5) is 29.9. The van der Waals surface area contributed by atoms with Crippen molar-refractivity contribution in [3.05, 3.63) is 22.7 Å². The van der Waals surface area contributed by atoms with Crippen molar-refractivity contribution in [1.82, 2.24) is 14.5 Å². The van der Waals surface area contributed by atoms with Gasteiger partial charge in [0.05, 0.1) is 0 Å². The third-order valence-corrected chi connectivity index (χ3v) is 3.79. The summed E-state index contributed by atoms with van der Waals surface area (Å²) in [5.41, 5.74) is -0.115. The highest BCUT2D eigenvalue weighted by Crippen LogP contribution is 2.15. The Morgan fingerprint density at radius 3 is 2.71 bits per heavy atom. The Balaban J connectivity index is 1.88. The van der Waals surface area contributed by atoms with Crippen LogP contribution >= 0.6 is 0 Å². The quantitative estimate of drug-likeness (QED) is 0.906. The second kappa shape index (κ2) is 6.74. The van der Waals surface area contributed by atoms with Gasteiger partial charge in [-0.1, -0.05) is 13.8 Å². The second-order valence-corrected chi connectivity index (χ2v) is 6.09. The molecule has 0 aliphatic carbocycles. The van der Waals surface area contributed by atoms with Crippen LogP contribution < -0.4 is 10.9 Å². The van der Waals surface area contributed by atoms with Gasteiger partial charge in [0.15, 0.2) is 5.82 Å². The topological polar surface area (TPSA) is 67.2 Å². The maximum Gasteiger partial charge on any atom is 0.293 e. The van der Waals surface area contributed by atoms with Gasteiger partial charge in [0, 0.05) is 45.0 Å². The highest BCUT2D eigenvalue weighted by molar-refractivity contribution is 5.76. The van der Waals surface area contributed by atoms with Crippen molar-refractivity contribution in [3.8, 4) is 0 Å². The van der Waals surface area contributed by atoms with Crippen molar-refractivity contribution in [2.75, 3.05) is 18.4 Å². The van der Waals surface area contributed by atoms with E-state index in [1.807, 2.05) is 4.90 Å². The fraction of sp³-hybridized carbons (Fsp3) is 0.667. The van der Waals surface area contributed by atoms with Gasteiger partial charge in [-0.25, -0.2) is 4.98 Å². The zero-order valence-corrected chi connectivity index (χ0v) is 13.0. The van der Waals surface area contributed by atoms with Crippen molar-refractivity contribution in [1.29, 1.82) is 0 Å². The number of anilines is 1. The summed E-state index contributed by atoms with van der Waals surface area (Å²) < 4.78 is 1.51. The Hall–Kier alpha value is -1.85. The zero-order valence-electron chi connectivity index (χ0n) is 13.0. The fourth-order valence-electron chi connectivity index (χ4n) is 2.54. The molecular weight excluding hydrogens is 268 g/mol. The van der Waals surface area contributed by atoms with E-state index in [9.17, 15) is 9.59 Å². The molecule has 1 N–H and O–H groups in total. The number of nitrogens with zero attached hydrogens (tertiary/aromatic N) is 3. The average molecular weight is 292 g/mol. The van der Waals surface area contributed by atoms with Gasteiger partial charge in [-0.15, -0.1) is 0 Å². The molecule has 1 saturated heterocycles. The van der Waals surface area contributed by atoms with Crippen molar-refractivity contribution < 1.29 is 4.79 Å². The lowest BCUT2D eigenvalue weighted by Gasteiger charge is -2.33. The van der Waals surface area contributed by atoms with Crippen molar-refractivity contribution in [3.63, 3.8) is 0 Å². The molecule has 1 aromatic rings. The SMILES string of the molecule is CC(C)CC(=O)N1CCC(Nc2nccn(C)c2=O)CC1. The van der Waals surface area contributed by atoms with Crippen LogP contribution in [0.5, 0.6) is 0 Å². The summed E-state index contributed by atoms with van der Waals surface area (Å²) in [6, 6.07) is 0.204. The number of hydrogen-bond acceptors (Lipinski definition) is 4. The Kier molecular flexibility index (Phi) is 4.98. The monoisotopic (exact) mass is 292 g/mol. The van der Waals surface area contributed by atoms with E-state index < -0.39 is 0 Å². The minimum Gasteiger partial charge on any atom is -0.363 e. The molecule has 1 aromatic heterocycles. The highest BCUT2D eigenvalue weighted by atomic mass is 16.2. The number of aromatic nitrogens is 2. The summed E-state index contributed by atoms with van der Waals surface area (Å²) in [7, 11) is 1.71. The van der Waals surface area contributed by atoms with Crippen LogP contribution in [0.3, 0.4) is 0 Å². The number of rotatable bonds is 4. The predicted octanol–water partition coefficient (Wildman–Crippen LogP) is 1.23. The van der Waals surface area contributed by atoms with E-state index >= 15 is 0 Å². The first-order chi connectivity index (χ1) is 9.97. The zero-order chi connectivity index (χ0) is 15.4. The Bertz CT molecular complexity index is 545. The van der Waals surface area contributed by atoms with E-state index in [4.69, 9.17) is 0 Å². The number of aryl methyl sites for hydroxylation is 1. The minimum absolute atomic E-state index is 0.115. The number of likely N-dealkylation sites (tertiary alicyclic amines) is 1. The molecule has 1 amide bonds. The summed E-state index contributed by atoms with van der Waals surface area (Å²) in [6.45, 7) is 5.61. The largest absolute Gasteiger partial charge is 0.363 e. The van der Waals surface area contributed by atoms with Gasteiger partial charge in [0.1, 0.15) is 0 Å². The maximum absolute atomic E-state index is 12.0. The molecule has 0 radical (unpaired) electrons. The number of nitrogens with one attached hydrogen (secondary N) is 1. The molecule has 1 aliphatic heterocycles. The normalized spacial score (nSPS) is 16.3. The first kappa shape index (κ1) is 15.5. The van der Waals surface area contributed by atoms with Crippen LogP contribution in [0.2, 0.25) is 0 Å². The lowest BCUT2D eigenvalue weighted by atomic mass is 10.0. The lowest BCUT2D eigenvalue weighted by Crippen LogP contribution is -2.43. The van der Waals surface area contributed by atoms with Gasteiger partial charge in [0.25, 0.3) is 5.56 Å². The molecule has 1 aliphatic rings. The number of carbonyl (C=O) groups excluding carboxylic acids is 1. The number of hydrogen-bond donors (Lipinski definition) is 1. The van der Waals surface area contributed by atoms with Gasteiger partial charge in [-0.05, 0) is 18.8 Å². The summed E-state index contributed by atoms with van der Waals surface area (Å²) in [5.74, 6) is 1.02. The predicted molar refractivity (Wildman–Crippen MR) is 82.2 cm³/mol. The lowest BCUT2D eigenvalue weighted by molar-refractivity contribution is -0.132. The molecule has 0 bridgehead atoms. The Morgan fingerprint density at radius 2 is 2.10 bits per heavy atom. The van der Waals surface area contributed by atoms with E-state index in [1.54, 1.807) is 19.4 Å². The average Bonchev–Trinajstić information content (AvgIpc) is 2.44. The Labute approximate surface area is 125 Å². The standard InChI is InChI=1S/C15H24N4O2/c1-11(2)10-13(20)19-7-4-12(5-8-19)17-14-15(21)18(3)9-6-16-14/h6,9,11-12H,4-5,7-8,10H2,1-3H3,(H,16,17). The molecule has 0 unspecified atom stereocenters. The van der Waals surface area contributed by atoms with Gasteiger partial charge in [0.2, 0.25) is 5.91 Å². The molecule has 6 heteroatoms. The molecule has 2 rings (SSSR count). The molecule has 0 saturated carbocycles. The summed E-state index contributed by atoms with van der Waals surface area (Å²) in [6.07, 6.45) is 5.57. The number of carbonyl (C=O) groups is 1. The fourth-order valence-corrected chi connectivity index (χ4v) is 2.54. The van der Waals surface area contributed by atoms with Crippen molar-refractivity contribution in [2.24, 2.45) is 13.0 Å². The molecule has 21 heavy (non-hydrogen) atoms. The highest BCUT2D eigenvalue weighted by Gasteiger charge is 2.23.